The standard InChI is InChI=1S/C46H84NO8P/c1-6-8-10-12-14-15-16-17-18-19-20-21-22-26-30-34-39-51-43(42-54-56(49,50)53-40-38-47(3,4)5)41-52-46(48)37-33-29-25-23-24-28-32-36-45-44(55-45)35-31-27-13-11-9-7-2/h23,25,27-28,31-32,34,39,43-45H,6-22,24,26,29-30,33,35-38,40-42H2,1-5H3/b25-23-,31-27-,32-28-,39-34+/t43-,44?,45?/m1/s1. The Hall–Kier alpha value is -1.74. The van der Waals surface area contributed by atoms with E-state index in [4.69, 9.17) is 23.3 Å². The molecule has 0 aromatic carbocycles. The molecular weight excluding hydrogens is 725 g/mol. The first kappa shape index (κ1) is 52.3. The highest BCUT2D eigenvalue weighted by Crippen LogP contribution is 2.38. The van der Waals surface area contributed by atoms with E-state index in [2.05, 4.69) is 50.3 Å². The highest BCUT2D eigenvalue weighted by atomic mass is 31.2. The van der Waals surface area contributed by atoms with Crippen molar-refractivity contribution in [1.82, 2.24) is 0 Å². The first-order chi connectivity index (χ1) is 27.1. The summed E-state index contributed by atoms with van der Waals surface area (Å²) in [5, 5.41) is 0. The van der Waals surface area contributed by atoms with Gasteiger partial charge in [-0.25, -0.2) is 0 Å². The number of esters is 1. The topological polar surface area (TPSA) is 107 Å². The third-order valence-corrected chi connectivity index (χ3v) is 10.8. The maximum atomic E-state index is 12.5. The van der Waals surface area contributed by atoms with Gasteiger partial charge in [0.25, 0.3) is 7.82 Å². The Morgan fingerprint density at radius 2 is 1.16 bits per heavy atom. The first-order valence-electron chi connectivity index (χ1n) is 22.5. The van der Waals surface area contributed by atoms with Crippen LogP contribution in [0, 0.1) is 0 Å². The number of hydrogen-bond donors (Lipinski definition) is 0. The summed E-state index contributed by atoms with van der Waals surface area (Å²) >= 11 is 0. The molecule has 0 bridgehead atoms. The van der Waals surface area contributed by atoms with Gasteiger partial charge in [0.2, 0.25) is 0 Å². The zero-order valence-corrected chi connectivity index (χ0v) is 37.4. The molecular formula is C46H84NO8P. The number of phosphoric acid groups is 1. The van der Waals surface area contributed by atoms with E-state index < -0.39 is 13.9 Å². The third-order valence-electron chi connectivity index (χ3n) is 9.87. The second-order valence-electron chi connectivity index (χ2n) is 16.5. The second-order valence-corrected chi connectivity index (χ2v) is 17.9. The van der Waals surface area contributed by atoms with Crippen molar-refractivity contribution in [1.29, 1.82) is 0 Å². The fraction of sp³-hybridized carbons (Fsp3) is 0.804. The van der Waals surface area contributed by atoms with E-state index in [1.54, 1.807) is 6.26 Å². The van der Waals surface area contributed by atoms with E-state index in [9.17, 15) is 14.3 Å². The second kappa shape index (κ2) is 35.2. The number of carbonyl (C=O) groups excluding carboxylic acids is 1. The summed E-state index contributed by atoms with van der Waals surface area (Å²) in [6.45, 7) is 4.61. The highest BCUT2D eigenvalue weighted by Gasteiger charge is 2.36. The average molecular weight is 810 g/mol. The molecule has 326 valence electrons. The molecule has 4 atom stereocenters. The molecule has 0 aromatic heterocycles. The van der Waals surface area contributed by atoms with Crippen LogP contribution in [0.1, 0.15) is 174 Å². The molecule has 0 radical (unpaired) electrons. The van der Waals surface area contributed by atoms with Crippen LogP contribution in [-0.4, -0.2) is 76.3 Å². The molecule has 0 saturated carbocycles. The zero-order chi connectivity index (χ0) is 41.0. The number of epoxide rings is 1. The van der Waals surface area contributed by atoms with Crippen molar-refractivity contribution in [3.05, 3.63) is 48.8 Å². The lowest BCUT2D eigenvalue weighted by Crippen LogP contribution is -2.37. The van der Waals surface area contributed by atoms with Crippen LogP contribution >= 0.6 is 7.82 Å². The van der Waals surface area contributed by atoms with E-state index in [-0.39, 0.29) is 32.2 Å². The average Bonchev–Trinajstić information content (AvgIpc) is 3.91. The van der Waals surface area contributed by atoms with Gasteiger partial charge in [-0.1, -0.05) is 147 Å². The molecule has 1 aliphatic rings. The van der Waals surface area contributed by atoms with Gasteiger partial charge in [-0.05, 0) is 63.9 Å². The lowest BCUT2D eigenvalue weighted by atomic mass is 10.0. The zero-order valence-electron chi connectivity index (χ0n) is 36.5. The number of nitrogens with zero attached hydrogens (tertiary/aromatic N) is 1. The summed E-state index contributed by atoms with van der Waals surface area (Å²) in [6.07, 6.45) is 45.4. The molecule has 1 fully saturated rings. The summed E-state index contributed by atoms with van der Waals surface area (Å²) in [6, 6.07) is 0. The van der Waals surface area contributed by atoms with E-state index in [0.717, 1.165) is 38.5 Å². The van der Waals surface area contributed by atoms with Crippen molar-refractivity contribution in [2.45, 2.75) is 193 Å². The number of unbranched alkanes of at least 4 members (excludes halogenated alkanes) is 18. The van der Waals surface area contributed by atoms with Crippen LogP contribution in [-0.2, 0) is 32.6 Å². The van der Waals surface area contributed by atoms with Crippen LogP contribution in [0.25, 0.3) is 0 Å². The predicted molar refractivity (Wildman–Crippen MR) is 230 cm³/mol. The normalized spacial score (nSPS) is 17.8. The minimum atomic E-state index is -4.53. The number of quaternary nitrogens is 1. The van der Waals surface area contributed by atoms with Gasteiger partial charge in [-0.15, -0.1) is 0 Å². The fourth-order valence-electron chi connectivity index (χ4n) is 6.15. The third kappa shape index (κ3) is 35.4. The Labute approximate surface area is 343 Å². The Bertz CT molecular complexity index is 1100. The Kier molecular flexibility index (Phi) is 32.9. The van der Waals surface area contributed by atoms with E-state index >= 15 is 0 Å². The molecule has 1 saturated heterocycles. The molecule has 0 aliphatic carbocycles. The van der Waals surface area contributed by atoms with Crippen LogP contribution in [0.15, 0.2) is 48.8 Å². The van der Waals surface area contributed by atoms with Crippen molar-refractivity contribution in [3.8, 4) is 0 Å². The minimum Gasteiger partial charge on any atom is -0.756 e. The molecule has 9 nitrogen and oxygen atoms in total. The summed E-state index contributed by atoms with van der Waals surface area (Å²) in [7, 11) is 1.32. The molecule has 56 heavy (non-hydrogen) atoms. The molecule has 1 heterocycles. The van der Waals surface area contributed by atoms with Crippen molar-refractivity contribution in [2.75, 3.05) is 47.5 Å². The maximum Gasteiger partial charge on any atom is 0.305 e. The number of likely N-dealkylation sites (N-methyl/N-ethyl adjacent to an activating group) is 1. The van der Waals surface area contributed by atoms with Crippen LogP contribution in [0.4, 0.5) is 0 Å². The summed E-state index contributed by atoms with van der Waals surface area (Å²) in [5.41, 5.74) is 0. The smallest absolute Gasteiger partial charge is 0.305 e. The quantitative estimate of drug-likeness (QED) is 0.0115. The summed E-state index contributed by atoms with van der Waals surface area (Å²) < 4.78 is 40.1. The van der Waals surface area contributed by atoms with Gasteiger partial charge in [0.1, 0.15) is 19.8 Å². The molecule has 0 amide bonds. The van der Waals surface area contributed by atoms with Gasteiger partial charge in [0.05, 0.1) is 46.2 Å². The molecule has 3 unspecified atom stereocenters. The van der Waals surface area contributed by atoms with Gasteiger partial charge in [-0.2, -0.15) is 0 Å². The fourth-order valence-corrected chi connectivity index (χ4v) is 6.88. The van der Waals surface area contributed by atoms with Crippen LogP contribution in [0.2, 0.25) is 0 Å². The van der Waals surface area contributed by atoms with E-state index in [1.165, 1.54) is 109 Å². The lowest BCUT2D eigenvalue weighted by Gasteiger charge is -2.28. The lowest BCUT2D eigenvalue weighted by molar-refractivity contribution is -0.870. The predicted octanol–water partition coefficient (Wildman–Crippen LogP) is 11.9. The Morgan fingerprint density at radius 3 is 1.79 bits per heavy atom. The van der Waals surface area contributed by atoms with Crippen LogP contribution in [0.3, 0.4) is 0 Å². The summed E-state index contributed by atoms with van der Waals surface area (Å²) in [4.78, 5) is 24.9. The van der Waals surface area contributed by atoms with Crippen molar-refractivity contribution >= 4 is 13.8 Å². The van der Waals surface area contributed by atoms with Gasteiger partial charge in [0, 0.05) is 6.42 Å². The van der Waals surface area contributed by atoms with Gasteiger partial charge in [0.15, 0.2) is 6.10 Å². The number of phosphoric ester groups is 1. The Morgan fingerprint density at radius 1 is 0.661 bits per heavy atom. The monoisotopic (exact) mass is 810 g/mol. The van der Waals surface area contributed by atoms with Gasteiger partial charge >= 0.3 is 5.97 Å². The van der Waals surface area contributed by atoms with Gasteiger partial charge in [-0.3, -0.25) is 9.36 Å². The molecule has 1 aliphatic heterocycles. The van der Waals surface area contributed by atoms with Crippen molar-refractivity contribution in [2.24, 2.45) is 0 Å². The molecule has 0 spiro atoms. The number of allylic oxidation sites excluding steroid dienone is 5. The minimum absolute atomic E-state index is 0.0157. The number of carbonyl (C=O) groups is 1. The van der Waals surface area contributed by atoms with Gasteiger partial charge < -0.3 is 32.6 Å². The van der Waals surface area contributed by atoms with Crippen molar-refractivity contribution < 1.29 is 42.0 Å². The number of rotatable bonds is 40. The van der Waals surface area contributed by atoms with Crippen LogP contribution in [0.5, 0.6) is 0 Å². The Balaban J connectivity index is 2.28. The number of ether oxygens (including phenoxy) is 3. The maximum absolute atomic E-state index is 12.5. The SMILES string of the molecule is CCCCC/C=C\CC1OC1C/C=C\C/C=C\CCCC(=O)OC[C@H](COP(=O)([O-])OCC[N+](C)(C)C)O/C=C/CCCCCCCCCCCCCCCC. The molecule has 10 heteroatoms. The van der Waals surface area contributed by atoms with Crippen molar-refractivity contribution in [3.63, 3.8) is 0 Å². The van der Waals surface area contributed by atoms with Crippen LogP contribution < -0.4 is 4.89 Å². The highest BCUT2D eigenvalue weighted by molar-refractivity contribution is 7.45. The van der Waals surface area contributed by atoms with E-state index in [1.807, 2.05) is 27.2 Å². The largest absolute Gasteiger partial charge is 0.756 e. The molecule has 1 rings (SSSR count). The number of hydrogen-bond acceptors (Lipinski definition) is 8. The van der Waals surface area contributed by atoms with E-state index in [0.29, 0.717) is 29.7 Å². The molecule has 0 aromatic rings. The summed E-state index contributed by atoms with van der Waals surface area (Å²) in [5.74, 6) is -0.349. The first-order valence-corrected chi connectivity index (χ1v) is 24.0. The molecule has 0 N–H and O–H groups in total.